The average molecular weight is 421 g/mol. The summed E-state index contributed by atoms with van der Waals surface area (Å²) in [6, 6.07) is 4.33. The van der Waals surface area contributed by atoms with Crippen molar-refractivity contribution in [3.8, 4) is 0 Å². The van der Waals surface area contributed by atoms with Crippen LogP contribution in [0.4, 0.5) is 17.5 Å². The molecule has 0 bridgehead atoms. The minimum absolute atomic E-state index is 0.396. The van der Waals surface area contributed by atoms with E-state index in [0.717, 1.165) is 45.5 Å². The molecule has 2 rings (SSSR count). The summed E-state index contributed by atoms with van der Waals surface area (Å²) in [6.07, 6.45) is 3.91. The Morgan fingerprint density at radius 3 is 2.38 bits per heavy atom. The van der Waals surface area contributed by atoms with Gasteiger partial charge in [-0.1, -0.05) is 29.8 Å². The zero-order valence-corrected chi connectivity index (χ0v) is 18.0. The van der Waals surface area contributed by atoms with Crippen molar-refractivity contribution in [3.05, 3.63) is 39.5 Å². The normalized spacial score (nSPS) is 11.7. The highest BCUT2D eigenvalue weighted by Gasteiger charge is 2.21. The third kappa shape index (κ3) is 4.95. The van der Waals surface area contributed by atoms with E-state index in [4.69, 9.17) is 0 Å². The van der Waals surface area contributed by atoms with Gasteiger partial charge in [-0.15, -0.1) is 0 Å². The molecule has 0 aliphatic rings. The first-order chi connectivity index (χ1) is 12.2. The summed E-state index contributed by atoms with van der Waals surface area (Å²) in [5.74, 6) is 1.39. The second-order valence-corrected chi connectivity index (χ2v) is 8.01. The van der Waals surface area contributed by atoms with E-state index in [9.17, 15) is 5.11 Å². The molecule has 6 heteroatoms. The summed E-state index contributed by atoms with van der Waals surface area (Å²) in [6.45, 7) is 11.9. The molecule has 0 saturated carbocycles. The second-order valence-electron chi connectivity index (χ2n) is 7.22. The molecule has 0 unspecified atom stereocenters. The number of aromatic nitrogens is 2. The van der Waals surface area contributed by atoms with Crippen LogP contribution in [0.1, 0.15) is 57.2 Å². The van der Waals surface area contributed by atoms with E-state index in [1.807, 2.05) is 32.2 Å². The number of aliphatic hydroxyl groups is 1. The Bertz CT molecular complexity index is 767. The minimum Gasteiger partial charge on any atom is -0.386 e. The maximum Gasteiger partial charge on any atom is 0.229 e. The van der Waals surface area contributed by atoms with Gasteiger partial charge in [-0.25, -0.2) is 4.98 Å². The van der Waals surface area contributed by atoms with Gasteiger partial charge in [0.25, 0.3) is 0 Å². The fraction of sp³-hybridized carbons (Fsp3) is 0.500. The summed E-state index contributed by atoms with van der Waals surface area (Å²) >= 11 is 3.57. The highest BCUT2D eigenvalue weighted by molar-refractivity contribution is 9.10. The van der Waals surface area contributed by atoms with Gasteiger partial charge >= 0.3 is 0 Å². The molecule has 5 nitrogen and oxygen atoms in total. The lowest BCUT2D eigenvalue weighted by Gasteiger charge is -2.22. The van der Waals surface area contributed by atoms with E-state index in [2.05, 4.69) is 50.4 Å². The van der Waals surface area contributed by atoms with Crippen LogP contribution in [0.15, 0.2) is 22.8 Å². The van der Waals surface area contributed by atoms with Gasteiger partial charge in [0.05, 0.1) is 5.60 Å². The van der Waals surface area contributed by atoms with Crippen LogP contribution in [-0.2, 0) is 5.60 Å². The number of benzene rings is 1. The van der Waals surface area contributed by atoms with Gasteiger partial charge < -0.3 is 15.7 Å². The predicted molar refractivity (Wildman–Crippen MR) is 112 cm³/mol. The van der Waals surface area contributed by atoms with Crippen LogP contribution in [0, 0.1) is 13.8 Å². The first kappa shape index (κ1) is 20.6. The van der Waals surface area contributed by atoms with E-state index in [1.165, 1.54) is 0 Å². The van der Waals surface area contributed by atoms with Gasteiger partial charge in [-0.05, 0) is 63.8 Å². The molecule has 2 aromatic rings. The van der Waals surface area contributed by atoms with Crippen molar-refractivity contribution in [2.75, 3.05) is 10.6 Å². The Hall–Kier alpha value is -1.66. The van der Waals surface area contributed by atoms with Crippen molar-refractivity contribution in [2.24, 2.45) is 0 Å². The zero-order valence-electron chi connectivity index (χ0n) is 16.4. The molecule has 0 fully saturated rings. The lowest BCUT2D eigenvalue weighted by Crippen LogP contribution is -2.19. The molecule has 3 N–H and O–H groups in total. The highest BCUT2D eigenvalue weighted by Crippen LogP contribution is 2.34. The van der Waals surface area contributed by atoms with E-state index >= 15 is 0 Å². The topological polar surface area (TPSA) is 70.1 Å². The smallest absolute Gasteiger partial charge is 0.229 e. The molecule has 0 radical (unpaired) electrons. The molecule has 0 aliphatic heterocycles. The summed E-state index contributed by atoms with van der Waals surface area (Å²) in [7, 11) is 0. The predicted octanol–water partition coefficient (Wildman–Crippen LogP) is 5.43. The zero-order chi connectivity index (χ0) is 19.5. The van der Waals surface area contributed by atoms with Crippen molar-refractivity contribution in [2.45, 2.75) is 66.0 Å². The maximum atomic E-state index is 10.4. The number of halogens is 1. The Morgan fingerprint density at radius 1 is 1.15 bits per heavy atom. The van der Waals surface area contributed by atoms with Gasteiger partial charge in [-0.2, -0.15) is 4.98 Å². The lowest BCUT2D eigenvalue weighted by molar-refractivity contribution is 0.0778. The number of hydrogen-bond donors (Lipinski definition) is 3. The first-order valence-corrected chi connectivity index (χ1v) is 9.85. The molecule has 0 aliphatic carbocycles. The van der Waals surface area contributed by atoms with Crippen LogP contribution in [-0.4, -0.2) is 21.1 Å². The summed E-state index contributed by atoms with van der Waals surface area (Å²) in [5, 5.41) is 17.2. The van der Waals surface area contributed by atoms with Crippen LogP contribution >= 0.6 is 15.9 Å². The van der Waals surface area contributed by atoms with Gasteiger partial charge in [0.2, 0.25) is 5.95 Å². The Morgan fingerprint density at radius 2 is 1.81 bits per heavy atom. The highest BCUT2D eigenvalue weighted by atomic mass is 79.9. The molecule has 1 heterocycles. The molecular weight excluding hydrogens is 392 g/mol. The van der Waals surface area contributed by atoms with Crippen molar-refractivity contribution in [3.63, 3.8) is 0 Å². The fourth-order valence-corrected chi connectivity index (χ4v) is 3.46. The van der Waals surface area contributed by atoms with Crippen molar-refractivity contribution >= 4 is 33.4 Å². The number of rotatable bonds is 7. The number of hydrogen-bond acceptors (Lipinski definition) is 5. The summed E-state index contributed by atoms with van der Waals surface area (Å²) in [4.78, 5) is 9.04. The third-order valence-corrected chi connectivity index (χ3v) is 5.52. The standard InChI is InChI=1S/C20H29BrN4O/c1-7-14(8-2)23-18-13(4)11-22-19(25-18)24-15-9-12(3)17(21)16(10-15)20(5,6)26/h9-11,14,26H,7-8H2,1-6H3,(H2,22,23,24,25). The third-order valence-electron chi connectivity index (χ3n) is 4.47. The van der Waals surface area contributed by atoms with E-state index in [-0.39, 0.29) is 0 Å². The lowest BCUT2D eigenvalue weighted by atomic mass is 9.96. The van der Waals surface area contributed by atoms with Gasteiger partial charge in [0.1, 0.15) is 5.82 Å². The molecule has 1 aromatic heterocycles. The van der Waals surface area contributed by atoms with Crippen molar-refractivity contribution < 1.29 is 5.11 Å². The van der Waals surface area contributed by atoms with Gasteiger partial charge in [0, 0.05) is 28.0 Å². The largest absolute Gasteiger partial charge is 0.386 e. The van der Waals surface area contributed by atoms with Gasteiger partial charge in [-0.3, -0.25) is 0 Å². The molecule has 0 amide bonds. The molecule has 142 valence electrons. The van der Waals surface area contributed by atoms with Crippen LogP contribution in [0.25, 0.3) is 0 Å². The molecule has 0 spiro atoms. The average Bonchev–Trinajstić information content (AvgIpc) is 2.57. The Labute approximate surface area is 164 Å². The van der Waals surface area contributed by atoms with E-state index in [0.29, 0.717) is 12.0 Å². The Balaban J connectivity index is 2.33. The minimum atomic E-state index is -0.947. The van der Waals surface area contributed by atoms with Crippen LogP contribution in [0.2, 0.25) is 0 Å². The van der Waals surface area contributed by atoms with Crippen LogP contribution in [0.5, 0.6) is 0 Å². The van der Waals surface area contributed by atoms with Crippen LogP contribution in [0.3, 0.4) is 0 Å². The molecule has 26 heavy (non-hydrogen) atoms. The van der Waals surface area contributed by atoms with Crippen molar-refractivity contribution in [1.29, 1.82) is 0 Å². The van der Waals surface area contributed by atoms with E-state index < -0.39 is 5.60 Å². The summed E-state index contributed by atoms with van der Waals surface area (Å²) in [5.41, 5.74) is 2.78. The van der Waals surface area contributed by atoms with E-state index in [1.54, 1.807) is 13.8 Å². The maximum absolute atomic E-state index is 10.4. The molecule has 0 atom stereocenters. The monoisotopic (exact) mass is 420 g/mol. The van der Waals surface area contributed by atoms with Crippen molar-refractivity contribution in [1.82, 2.24) is 9.97 Å². The number of anilines is 3. The first-order valence-electron chi connectivity index (χ1n) is 9.05. The Kier molecular flexibility index (Phi) is 6.64. The number of nitrogens with zero attached hydrogens (tertiary/aromatic N) is 2. The quantitative estimate of drug-likeness (QED) is 0.556. The second kappa shape index (κ2) is 8.35. The molecular formula is C20H29BrN4O. The SMILES string of the molecule is CCC(CC)Nc1nc(Nc2cc(C)c(Br)c(C(C)(C)O)c2)ncc1C. The molecule has 0 saturated heterocycles. The molecule has 1 aromatic carbocycles. The van der Waals surface area contributed by atoms with Crippen LogP contribution < -0.4 is 10.6 Å². The fourth-order valence-electron chi connectivity index (χ4n) is 2.75. The summed E-state index contributed by atoms with van der Waals surface area (Å²) < 4.78 is 0.913. The number of aryl methyl sites for hydroxylation is 2. The van der Waals surface area contributed by atoms with Gasteiger partial charge in [0.15, 0.2) is 0 Å². The number of nitrogens with one attached hydrogen (secondary N) is 2.